The van der Waals surface area contributed by atoms with E-state index in [9.17, 15) is 8.42 Å². The monoisotopic (exact) mass is 275 g/mol. The number of rotatable bonds is 3. The lowest BCUT2D eigenvalue weighted by Crippen LogP contribution is -2.23. The zero-order valence-corrected chi connectivity index (χ0v) is 11.4. The van der Waals surface area contributed by atoms with Crippen LogP contribution in [0.4, 0.5) is 0 Å². The summed E-state index contributed by atoms with van der Waals surface area (Å²) in [7, 11) is -3.58. The van der Waals surface area contributed by atoms with E-state index in [2.05, 4.69) is 4.98 Å². The molecule has 0 radical (unpaired) electrons. The molecule has 1 aromatic heterocycles. The van der Waals surface area contributed by atoms with Gasteiger partial charge in [0, 0.05) is 11.8 Å². The molecule has 0 aliphatic heterocycles. The fourth-order valence-electron chi connectivity index (χ4n) is 1.61. The molecule has 0 saturated carbocycles. The minimum atomic E-state index is -3.58. The first kappa shape index (κ1) is 13.3. The summed E-state index contributed by atoms with van der Waals surface area (Å²) in [5.41, 5.74) is 1.25. The highest BCUT2D eigenvalue weighted by Crippen LogP contribution is 2.20. The SMILES string of the molecule is CC(C)S(=O)(=O)n1cc(-c2ccccc2)nc1C#N. The van der Waals surface area contributed by atoms with E-state index in [4.69, 9.17) is 5.26 Å². The van der Waals surface area contributed by atoms with Crippen LogP contribution in [0, 0.1) is 11.3 Å². The average molecular weight is 275 g/mol. The summed E-state index contributed by atoms with van der Waals surface area (Å²) in [6.45, 7) is 3.14. The molecule has 2 aromatic rings. The van der Waals surface area contributed by atoms with Gasteiger partial charge in [-0.05, 0) is 13.8 Å². The first-order valence-electron chi connectivity index (χ1n) is 5.76. The van der Waals surface area contributed by atoms with Crippen molar-refractivity contribution in [2.24, 2.45) is 0 Å². The molecule has 6 heteroatoms. The van der Waals surface area contributed by atoms with Gasteiger partial charge in [0.1, 0.15) is 6.07 Å². The van der Waals surface area contributed by atoms with Crippen molar-refractivity contribution in [3.8, 4) is 17.3 Å². The lowest BCUT2D eigenvalue weighted by Gasteiger charge is -2.08. The third kappa shape index (κ3) is 2.37. The van der Waals surface area contributed by atoms with Crippen LogP contribution in [0.15, 0.2) is 36.5 Å². The molecular weight excluding hydrogens is 262 g/mol. The summed E-state index contributed by atoms with van der Waals surface area (Å²) in [4.78, 5) is 4.07. The molecule has 1 heterocycles. The number of imidazole rings is 1. The Morgan fingerprint density at radius 2 is 1.89 bits per heavy atom. The smallest absolute Gasteiger partial charge is 0.218 e. The molecule has 0 atom stereocenters. The van der Waals surface area contributed by atoms with Crippen LogP contribution in [-0.4, -0.2) is 22.6 Å². The molecule has 0 saturated heterocycles. The minimum Gasteiger partial charge on any atom is -0.218 e. The standard InChI is InChI=1S/C13H13N3O2S/c1-10(2)19(17,18)16-9-12(15-13(16)8-14)11-6-4-3-5-7-11/h3-7,9-10H,1-2H3. The van der Waals surface area contributed by atoms with Crippen molar-refractivity contribution in [3.05, 3.63) is 42.4 Å². The van der Waals surface area contributed by atoms with Gasteiger partial charge in [-0.1, -0.05) is 30.3 Å². The van der Waals surface area contributed by atoms with Gasteiger partial charge < -0.3 is 0 Å². The molecule has 0 unspecified atom stereocenters. The average Bonchev–Trinajstić information content (AvgIpc) is 2.84. The summed E-state index contributed by atoms with van der Waals surface area (Å²) >= 11 is 0. The highest BCUT2D eigenvalue weighted by atomic mass is 32.2. The van der Waals surface area contributed by atoms with E-state index < -0.39 is 15.3 Å². The highest BCUT2D eigenvalue weighted by molar-refractivity contribution is 7.90. The number of nitrogens with zero attached hydrogens (tertiary/aromatic N) is 3. The Kier molecular flexibility index (Phi) is 3.40. The molecule has 19 heavy (non-hydrogen) atoms. The minimum absolute atomic E-state index is 0.118. The number of aromatic nitrogens is 2. The molecule has 0 aliphatic carbocycles. The lowest BCUT2D eigenvalue weighted by molar-refractivity contribution is 0.577. The Labute approximate surface area is 112 Å². The second kappa shape index (κ2) is 4.86. The van der Waals surface area contributed by atoms with Gasteiger partial charge in [0.15, 0.2) is 0 Å². The van der Waals surface area contributed by atoms with Gasteiger partial charge in [-0.15, -0.1) is 0 Å². The fourth-order valence-corrected chi connectivity index (χ4v) is 2.63. The largest absolute Gasteiger partial charge is 0.243 e. The number of hydrogen-bond donors (Lipinski definition) is 0. The Bertz CT molecular complexity index is 725. The molecule has 2 rings (SSSR count). The third-order valence-electron chi connectivity index (χ3n) is 2.71. The second-order valence-electron chi connectivity index (χ2n) is 4.32. The van der Waals surface area contributed by atoms with Crippen LogP contribution in [0.5, 0.6) is 0 Å². The van der Waals surface area contributed by atoms with Gasteiger partial charge in [0.25, 0.3) is 0 Å². The molecule has 98 valence electrons. The Morgan fingerprint density at radius 3 is 2.42 bits per heavy atom. The predicted molar refractivity (Wildman–Crippen MR) is 71.8 cm³/mol. The lowest BCUT2D eigenvalue weighted by atomic mass is 10.2. The first-order valence-corrected chi connectivity index (χ1v) is 7.26. The van der Waals surface area contributed by atoms with E-state index in [1.165, 1.54) is 6.20 Å². The molecule has 0 N–H and O–H groups in total. The molecule has 0 fully saturated rings. The topological polar surface area (TPSA) is 75.8 Å². The number of benzene rings is 1. The number of hydrogen-bond acceptors (Lipinski definition) is 4. The molecule has 5 nitrogen and oxygen atoms in total. The van der Waals surface area contributed by atoms with E-state index in [-0.39, 0.29) is 5.82 Å². The Hall–Kier alpha value is -2.13. The zero-order valence-electron chi connectivity index (χ0n) is 10.6. The normalized spacial score (nSPS) is 11.5. The van der Waals surface area contributed by atoms with Gasteiger partial charge in [-0.25, -0.2) is 17.4 Å². The van der Waals surface area contributed by atoms with Gasteiger partial charge in [-0.2, -0.15) is 5.26 Å². The first-order chi connectivity index (χ1) is 8.96. The van der Waals surface area contributed by atoms with Crippen molar-refractivity contribution >= 4 is 10.0 Å². The molecule has 1 aromatic carbocycles. The summed E-state index contributed by atoms with van der Waals surface area (Å²) in [5, 5.41) is 8.41. The fraction of sp³-hybridized carbons (Fsp3) is 0.231. The highest BCUT2D eigenvalue weighted by Gasteiger charge is 2.23. The quantitative estimate of drug-likeness (QED) is 0.858. The zero-order chi connectivity index (χ0) is 14.0. The van der Waals surface area contributed by atoms with E-state index in [0.29, 0.717) is 5.69 Å². The Morgan fingerprint density at radius 1 is 1.26 bits per heavy atom. The van der Waals surface area contributed by atoms with Gasteiger partial charge >= 0.3 is 0 Å². The summed E-state index contributed by atoms with van der Waals surface area (Å²) in [6, 6.07) is 11.0. The van der Waals surface area contributed by atoms with Gasteiger partial charge in [0.2, 0.25) is 15.8 Å². The van der Waals surface area contributed by atoms with E-state index in [1.807, 2.05) is 36.4 Å². The summed E-state index contributed by atoms with van der Waals surface area (Å²) in [6.07, 6.45) is 1.39. The molecule has 0 amide bonds. The van der Waals surface area contributed by atoms with Crippen LogP contribution in [-0.2, 0) is 10.0 Å². The van der Waals surface area contributed by atoms with Gasteiger partial charge in [0.05, 0.1) is 10.9 Å². The maximum absolute atomic E-state index is 12.1. The van der Waals surface area contributed by atoms with Crippen molar-refractivity contribution in [2.75, 3.05) is 0 Å². The molecule has 0 spiro atoms. The number of nitriles is 1. The van der Waals surface area contributed by atoms with Crippen LogP contribution >= 0.6 is 0 Å². The Balaban J connectivity index is 2.61. The van der Waals surface area contributed by atoms with Crippen LogP contribution < -0.4 is 0 Å². The van der Waals surface area contributed by atoms with Crippen molar-refractivity contribution in [3.63, 3.8) is 0 Å². The van der Waals surface area contributed by atoms with Gasteiger partial charge in [-0.3, -0.25) is 0 Å². The van der Waals surface area contributed by atoms with Crippen LogP contribution in [0.1, 0.15) is 19.7 Å². The van der Waals surface area contributed by atoms with Crippen LogP contribution in [0.3, 0.4) is 0 Å². The van der Waals surface area contributed by atoms with Crippen molar-refractivity contribution in [2.45, 2.75) is 19.1 Å². The van der Waals surface area contributed by atoms with Crippen molar-refractivity contribution in [1.29, 1.82) is 5.26 Å². The molecule has 0 bridgehead atoms. The van der Waals surface area contributed by atoms with E-state index in [0.717, 1.165) is 9.54 Å². The van der Waals surface area contributed by atoms with Crippen LogP contribution in [0.25, 0.3) is 11.3 Å². The maximum Gasteiger partial charge on any atom is 0.243 e. The van der Waals surface area contributed by atoms with E-state index >= 15 is 0 Å². The van der Waals surface area contributed by atoms with Crippen LogP contribution in [0.2, 0.25) is 0 Å². The van der Waals surface area contributed by atoms with E-state index in [1.54, 1.807) is 13.8 Å². The predicted octanol–water partition coefficient (Wildman–Crippen LogP) is 2.01. The third-order valence-corrected chi connectivity index (χ3v) is 4.73. The molecular formula is C13H13N3O2S. The summed E-state index contributed by atoms with van der Waals surface area (Å²) in [5.74, 6) is -0.118. The van der Waals surface area contributed by atoms with Crippen molar-refractivity contribution in [1.82, 2.24) is 8.96 Å². The summed E-state index contributed by atoms with van der Waals surface area (Å²) < 4.78 is 25.2. The maximum atomic E-state index is 12.1. The second-order valence-corrected chi connectivity index (χ2v) is 6.68. The van der Waals surface area contributed by atoms with Crippen molar-refractivity contribution < 1.29 is 8.42 Å². The molecule has 0 aliphatic rings.